The molecule has 0 aliphatic carbocycles. The van der Waals surface area contributed by atoms with Gasteiger partial charge < -0.3 is 5.32 Å². The lowest BCUT2D eigenvalue weighted by Gasteiger charge is -2.34. The van der Waals surface area contributed by atoms with Crippen LogP contribution in [0.1, 0.15) is 18.4 Å². The molecule has 0 aromatic heterocycles. The number of halogens is 2. The number of hydrogen-bond donors (Lipinski definition) is 1. The predicted molar refractivity (Wildman–Crippen MR) is 68.9 cm³/mol. The summed E-state index contributed by atoms with van der Waals surface area (Å²) in [6.45, 7) is 1.64. The third-order valence-electron chi connectivity index (χ3n) is 3.58. The summed E-state index contributed by atoms with van der Waals surface area (Å²) in [6.07, 6.45) is 1.89. The molecule has 1 aliphatic rings. The number of nitrogens with one attached hydrogen (secondary N) is 1. The predicted octanol–water partition coefficient (Wildman–Crippen LogP) is 2.46. The van der Waals surface area contributed by atoms with Crippen molar-refractivity contribution in [3.63, 3.8) is 0 Å². The van der Waals surface area contributed by atoms with E-state index in [-0.39, 0.29) is 18.2 Å². The van der Waals surface area contributed by atoms with Gasteiger partial charge in [-0.05, 0) is 33.0 Å². The molecular weight excluding hydrogens is 234 g/mol. The molecule has 0 atom stereocenters. The molecule has 4 heteroatoms. The van der Waals surface area contributed by atoms with E-state index in [9.17, 15) is 8.78 Å². The summed E-state index contributed by atoms with van der Waals surface area (Å²) in [6, 6.07) is 8.34. The van der Waals surface area contributed by atoms with Crippen molar-refractivity contribution >= 4 is 0 Å². The van der Waals surface area contributed by atoms with Crippen molar-refractivity contribution in [3.05, 3.63) is 35.9 Å². The molecule has 0 spiro atoms. The largest absolute Gasteiger partial charge is 0.317 e. The molecule has 2 rings (SSSR count). The number of alkyl halides is 2. The van der Waals surface area contributed by atoms with Crippen molar-refractivity contribution < 1.29 is 8.78 Å². The van der Waals surface area contributed by atoms with Gasteiger partial charge in [0, 0.05) is 11.6 Å². The van der Waals surface area contributed by atoms with E-state index in [1.165, 1.54) is 12.1 Å². The standard InChI is InChI=1S/C14H20F2N2/c1-18(13-7-9-17-10-8-13)11-14(15,16)12-5-3-2-4-6-12/h2-6,13,17H,7-11H2,1H3. The smallest absolute Gasteiger partial charge is 0.285 e. The molecule has 0 saturated carbocycles. The summed E-state index contributed by atoms with van der Waals surface area (Å²) in [5.41, 5.74) is 0.103. The number of hydrogen-bond acceptors (Lipinski definition) is 2. The molecule has 0 amide bonds. The van der Waals surface area contributed by atoms with Gasteiger partial charge >= 0.3 is 0 Å². The Kier molecular flexibility index (Phi) is 4.30. The van der Waals surface area contributed by atoms with Crippen LogP contribution in [-0.4, -0.2) is 37.6 Å². The maximum atomic E-state index is 14.1. The van der Waals surface area contributed by atoms with Gasteiger partial charge in [-0.1, -0.05) is 30.3 Å². The number of benzene rings is 1. The maximum absolute atomic E-state index is 14.1. The minimum atomic E-state index is -2.78. The minimum Gasteiger partial charge on any atom is -0.317 e. The number of likely N-dealkylation sites (N-methyl/N-ethyl adjacent to an activating group) is 1. The number of piperidine rings is 1. The second-order valence-electron chi connectivity index (χ2n) is 4.97. The topological polar surface area (TPSA) is 15.3 Å². The summed E-state index contributed by atoms with van der Waals surface area (Å²) in [5, 5.41) is 3.25. The highest BCUT2D eigenvalue weighted by Gasteiger charge is 2.34. The van der Waals surface area contributed by atoms with Gasteiger partial charge in [0.25, 0.3) is 5.92 Å². The molecule has 1 aromatic rings. The molecule has 0 radical (unpaired) electrons. The molecule has 100 valence electrons. The zero-order valence-electron chi connectivity index (χ0n) is 10.7. The Bertz CT molecular complexity index is 361. The molecule has 0 unspecified atom stereocenters. The first kappa shape index (κ1) is 13.4. The van der Waals surface area contributed by atoms with E-state index < -0.39 is 5.92 Å². The zero-order valence-corrected chi connectivity index (χ0v) is 10.7. The highest BCUT2D eigenvalue weighted by Crippen LogP contribution is 2.29. The van der Waals surface area contributed by atoms with Crippen molar-refractivity contribution in [1.82, 2.24) is 10.2 Å². The minimum absolute atomic E-state index is 0.103. The average molecular weight is 254 g/mol. The van der Waals surface area contributed by atoms with Crippen molar-refractivity contribution in [2.75, 3.05) is 26.7 Å². The summed E-state index contributed by atoms with van der Waals surface area (Å²) in [7, 11) is 1.80. The van der Waals surface area contributed by atoms with Crippen LogP contribution in [0.2, 0.25) is 0 Å². The second-order valence-corrected chi connectivity index (χ2v) is 4.97. The van der Waals surface area contributed by atoms with Crippen LogP contribution in [0, 0.1) is 0 Å². The molecule has 1 N–H and O–H groups in total. The summed E-state index contributed by atoms with van der Waals surface area (Å²) in [4.78, 5) is 1.80. The molecule has 2 nitrogen and oxygen atoms in total. The van der Waals surface area contributed by atoms with Crippen molar-refractivity contribution in [2.45, 2.75) is 24.8 Å². The zero-order chi connectivity index (χ0) is 13.0. The molecule has 18 heavy (non-hydrogen) atoms. The highest BCUT2D eigenvalue weighted by atomic mass is 19.3. The first-order chi connectivity index (χ1) is 8.59. The Morgan fingerprint density at radius 3 is 2.44 bits per heavy atom. The van der Waals surface area contributed by atoms with Gasteiger partial charge in [0.1, 0.15) is 0 Å². The van der Waals surface area contributed by atoms with E-state index in [4.69, 9.17) is 0 Å². The Hall–Kier alpha value is -1.00. The number of rotatable bonds is 4. The lowest BCUT2D eigenvalue weighted by Crippen LogP contribution is -2.45. The van der Waals surface area contributed by atoms with Gasteiger partial charge in [-0.25, -0.2) is 0 Å². The molecular formula is C14H20F2N2. The quantitative estimate of drug-likeness (QED) is 0.888. The Morgan fingerprint density at radius 2 is 1.83 bits per heavy atom. The van der Waals surface area contributed by atoms with Gasteiger partial charge in [0.2, 0.25) is 0 Å². The van der Waals surface area contributed by atoms with Crippen molar-refractivity contribution in [1.29, 1.82) is 0 Å². The fraction of sp³-hybridized carbons (Fsp3) is 0.571. The summed E-state index contributed by atoms with van der Waals surface area (Å²) in [5.74, 6) is -2.78. The molecule has 1 saturated heterocycles. The van der Waals surface area contributed by atoms with Gasteiger partial charge in [-0.15, -0.1) is 0 Å². The molecule has 0 bridgehead atoms. The fourth-order valence-corrected chi connectivity index (χ4v) is 2.46. The molecule has 1 aliphatic heterocycles. The Labute approximate surface area is 107 Å². The number of nitrogens with zero attached hydrogens (tertiary/aromatic N) is 1. The van der Waals surface area contributed by atoms with Crippen LogP contribution in [0.4, 0.5) is 8.78 Å². The summed E-state index contributed by atoms with van der Waals surface area (Å²) >= 11 is 0. The van der Waals surface area contributed by atoms with E-state index in [2.05, 4.69) is 5.32 Å². The normalized spacial score (nSPS) is 18.2. The first-order valence-corrected chi connectivity index (χ1v) is 6.44. The van der Waals surface area contributed by atoms with Crippen LogP contribution in [0.3, 0.4) is 0 Å². The molecule has 1 aromatic carbocycles. The molecule has 1 heterocycles. The second kappa shape index (κ2) is 5.76. The van der Waals surface area contributed by atoms with Crippen molar-refractivity contribution in [3.8, 4) is 0 Å². The maximum Gasteiger partial charge on any atom is 0.285 e. The Morgan fingerprint density at radius 1 is 1.22 bits per heavy atom. The lowest BCUT2D eigenvalue weighted by atomic mass is 10.0. The van der Waals surface area contributed by atoms with Gasteiger partial charge in [-0.3, -0.25) is 4.90 Å². The SMILES string of the molecule is CN(CC(F)(F)c1ccccc1)C1CCNCC1. The van der Waals surface area contributed by atoms with Gasteiger partial charge in [0.05, 0.1) is 6.54 Å². The summed E-state index contributed by atoms with van der Waals surface area (Å²) < 4.78 is 28.2. The van der Waals surface area contributed by atoms with Crippen LogP contribution in [0.25, 0.3) is 0 Å². The third kappa shape index (κ3) is 3.27. The van der Waals surface area contributed by atoms with E-state index in [0.717, 1.165) is 25.9 Å². The van der Waals surface area contributed by atoms with Crippen LogP contribution >= 0.6 is 0 Å². The van der Waals surface area contributed by atoms with E-state index in [0.29, 0.717) is 0 Å². The van der Waals surface area contributed by atoms with Crippen molar-refractivity contribution in [2.24, 2.45) is 0 Å². The fourth-order valence-electron chi connectivity index (χ4n) is 2.46. The van der Waals surface area contributed by atoms with Gasteiger partial charge in [-0.2, -0.15) is 8.78 Å². The van der Waals surface area contributed by atoms with E-state index in [1.54, 1.807) is 30.1 Å². The van der Waals surface area contributed by atoms with Crippen LogP contribution in [0.15, 0.2) is 30.3 Å². The van der Waals surface area contributed by atoms with Crippen LogP contribution in [-0.2, 0) is 5.92 Å². The lowest BCUT2D eigenvalue weighted by molar-refractivity contribution is -0.0435. The highest BCUT2D eigenvalue weighted by molar-refractivity contribution is 5.20. The van der Waals surface area contributed by atoms with E-state index >= 15 is 0 Å². The third-order valence-corrected chi connectivity index (χ3v) is 3.58. The van der Waals surface area contributed by atoms with Crippen LogP contribution < -0.4 is 5.32 Å². The van der Waals surface area contributed by atoms with Gasteiger partial charge in [0.15, 0.2) is 0 Å². The van der Waals surface area contributed by atoms with Crippen LogP contribution in [0.5, 0.6) is 0 Å². The van der Waals surface area contributed by atoms with E-state index in [1.807, 2.05) is 0 Å². The Balaban J connectivity index is 1.98. The average Bonchev–Trinajstić information content (AvgIpc) is 2.40. The monoisotopic (exact) mass is 254 g/mol. The molecule has 1 fully saturated rings. The first-order valence-electron chi connectivity index (χ1n) is 6.44.